The Balaban J connectivity index is 2.11. The van der Waals surface area contributed by atoms with Crippen LogP contribution in [-0.4, -0.2) is 41.3 Å². The fourth-order valence-corrected chi connectivity index (χ4v) is 2.62. The first-order valence-electron chi connectivity index (χ1n) is 7.25. The van der Waals surface area contributed by atoms with Crippen molar-refractivity contribution < 1.29 is 19.1 Å². The topological polar surface area (TPSA) is 55.8 Å². The lowest BCUT2D eigenvalue weighted by Crippen LogP contribution is -2.48. The maximum Gasteiger partial charge on any atom is 0.410 e. The average Bonchev–Trinajstić information content (AvgIpc) is 2.62. The highest BCUT2D eigenvalue weighted by atomic mass is 16.6. The number of amides is 1. The Morgan fingerprint density at radius 3 is 2.70 bits per heavy atom. The van der Waals surface area contributed by atoms with E-state index in [0.717, 1.165) is 25.7 Å². The number of nitrogens with zero attached hydrogens (tertiary/aromatic N) is 1. The van der Waals surface area contributed by atoms with Crippen molar-refractivity contribution in [1.29, 1.82) is 0 Å². The number of ether oxygens (including phenoxy) is 2. The molecule has 0 aromatic carbocycles. The van der Waals surface area contributed by atoms with Gasteiger partial charge in [-0.2, -0.15) is 0 Å². The summed E-state index contributed by atoms with van der Waals surface area (Å²) in [5.41, 5.74) is -0.518. The highest BCUT2D eigenvalue weighted by Crippen LogP contribution is 2.25. The zero-order valence-electron chi connectivity index (χ0n) is 12.4. The number of esters is 1. The molecule has 1 amide bonds. The summed E-state index contributed by atoms with van der Waals surface area (Å²) in [6.07, 6.45) is 6.43. The van der Waals surface area contributed by atoms with Gasteiger partial charge in [0, 0.05) is 12.6 Å². The Labute approximate surface area is 119 Å². The maximum atomic E-state index is 12.4. The van der Waals surface area contributed by atoms with Gasteiger partial charge >= 0.3 is 12.1 Å². The number of rotatable bonds is 1. The second kappa shape index (κ2) is 5.85. The van der Waals surface area contributed by atoms with Crippen molar-refractivity contribution >= 4 is 12.1 Å². The molecule has 2 heterocycles. The maximum absolute atomic E-state index is 12.4. The molecule has 0 saturated carbocycles. The lowest BCUT2D eigenvalue weighted by molar-refractivity contribution is -0.141. The highest BCUT2D eigenvalue weighted by Gasteiger charge is 2.36. The zero-order valence-corrected chi connectivity index (χ0v) is 12.4. The van der Waals surface area contributed by atoms with E-state index < -0.39 is 5.60 Å². The molecule has 0 radical (unpaired) electrons. The van der Waals surface area contributed by atoms with Crippen LogP contribution < -0.4 is 0 Å². The molecule has 1 saturated heterocycles. The van der Waals surface area contributed by atoms with Crippen molar-refractivity contribution in [3.05, 3.63) is 12.2 Å². The standard InChI is InChI=1S/C15H23NO4/c1-15(2,3)20-14(18)16-10-6-4-5-7-11(16)12-8-9-13(17)19-12/h8-9,11-12H,4-7,10H2,1-3H3. The van der Waals surface area contributed by atoms with Crippen molar-refractivity contribution in [2.24, 2.45) is 0 Å². The molecule has 0 aromatic rings. The van der Waals surface area contributed by atoms with Crippen LogP contribution in [-0.2, 0) is 14.3 Å². The summed E-state index contributed by atoms with van der Waals surface area (Å²) in [5.74, 6) is -0.330. The quantitative estimate of drug-likeness (QED) is 0.693. The van der Waals surface area contributed by atoms with Gasteiger partial charge in [0.15, 0.2) is 0 Å². The summed E-state index contributed by atoms with van der Waals surface area (Å²) in [5, 5.41) is 0. The Morgan fingerprint density at radius 2 is 2.10 bits per heavy atom. The predicted octanol–water partition coefficient (Wildman–Crippen LogP) is 2.65. The third kappa shape index (κ3) is 3.74. The van der Waals surface area contributed by atoms with Gasteiger partial charge in [-0.3, -0.25) is 0 Å². The molecule has 0 aliphatic carbocycles. The molecular formula is C15H23NO4. The minimum absolute atomic E-state index is 0.116. The van der Waals surface area contributed by atoms with E-state index in [1.54, 1.807) is 11.0 Å². The average molecular weight is 281 g/mol. The molecule has 5 heteroatoms. The third-order valence-electron chi connectivity index (χ3n) is 3.48. The lowest BCUT2D eigenvalue weighted by atomic mass is 10.0. The molecule has 2 rings (SSSR count). The number of likely N-dealkylation sites (tertiary alicyclic amines) is 1. The zero-order chi connectivity index (χ0) is 14.8. The van der Waals surface area contributed by atoms with Gasteiger partial charge in [0.25, 0.3) is 0 Å². The van der Waals surface area contributed by atoms with E-state index in [0.29, 0.717) is 6.54 Å². The second-order valence-electron chi connectivity index (χ2n) is 6.35. The van der Waals surface area contributed by atoms with E-state index in [1.165, 1.54) is 6.08 Å². The molecular weight excluding hydrogens is 258 g/mol. The van der Waals surface area contributed by atoms with Gasteiger partial charge in [0.2, 0.25) is 0 Å². The minimum atomic E-state index is -0.518. The Morgan fingerprint density at radius 1 is 1.35 bits per heavy atom. The first-order valence-corrected chi connectivity index (χ1v) is 7.25. The third-order valence-corrected chi connectivity index (χ3v) is 3.48. The van der Waals surface area contributed by atoms with Crippen LogP contribution in [0.15, 0.2) is 12.2 Å². The number of carbonyl (C=O) groups is 2. The molecule has 2 unspecified atom stereocenters. The van der Waals surface area contributed by atoms with Crippen LogP contribution in [0.1, 0.15) is 46.5 Å². The number of carbonyl (C=O) groups excluding carboxylic acids is 2. The van der Waals surface area contributed by atoms with Crippen molar-refractivity contribution in [2.45, 2.75) is 64.2 Å². The van der Waals surface area contributed by atoms with E-state index in [1.807, 2.05) is 20.8 Å². The number of cyclic esters (lactones) is 1. The Bertz CT molecular complexity index is 411. The van der Waals surface area contributed by atoms with Crippen LogP contribution in [0.3, 0.4) is 0 Å². The number of hydrogen-bond donors (Lipinski definition) is 0. The molecule has 2 atom stereocenters. The summed E-state index contributed by atoms with van der Waals surface area (Å²) < 4.78 is 10.7. The summed E-state index contributed by atoms with van der Waals surface area (Å²) >= 11 is 0. The monoisotopic (exact) mass is 281 g/mol. The van der Waals surface area contributed by atoms with Crippen molar-refractivity contribution in [1.82, 2.24) is 4.90 Å². The van der Waals surface area contributed by atoms with E-state index >= 15 is 0 Å². The molecule has 2 aliphatic heterocycles. The molecule has 2 aliphatic rings. The van der Waals surface area contributed by atoms with E-state index in [2.05, 4.69) is 0 Å². The van der Waals surface area contributed by atoms with Crippen LogP contribution in [0.4, 0.5) is 4.79 Å². The molecule has 1 fully saturated rings. The SMILES string of the molecule is CC(C)(C)OC(=O)N1CCCCCC1C1C=CC(=O)O1. The fraction of sp³-hybridized carbons (Fsp3) is 0.733. The largest absolute Gasteiger partial charge is 0.453 e. The number of hydrogen-bond acceptors (Lipinski definition) is 4. The normalized spacial score (nSPS) is 27.1. The van der Waals surface area contributed by atoms with Gasteiger partial charge in [0.05, 0.1) is 6.04 Å². The van der Waals surface area contributed by atoms with Gasteiger partial charge in [-0.05, 0) is 39.7 Å². The van der Waals surface area contributed by atoms with Crippen molar-refractivity contribution in [3.8, 4) is 0 Å². The van der Waals surface area contributed by atoms with Gasteiger partial charge in [0.1, 0.15) is 11.7 Å². The minimum Gasteiger partial charge on any atom is -0.453 e. The predicted molar refractivity (Wildman–Crippen MR) is 74.2 cm³/mol. The molecule has 0 spiro atoms. The van der Waals surface area contributed by atoms with Gasteiger partial charge in [-0.15, -0.1) is 0 Å². The Hall–Kier alpha value is -1.52. The molecule has 0 N–H and O–H groups in total. The molecule has 5 nitrogen and oxygen atoms in total. The van der Waals surface area contributed by atoms with Gasteiger partial charge in [-0.25, -0.2) is 9.59 Å². The molecule has 0 bridgehead atoms. The summed E-state index contributed by atoms with van der Waals surface area (Å²) in [7, 11) is 0. The molecule has 112 valence electrons. The second-order valence-corrected chi connectivity index (χ2v) is 6.35. The van der Waals surface area contributed by atoms with E-state index in [9.17, 15) is 9.59 Å². The molecule has 20 heavy (non-hydrogen) atoms. The van der Waals surface area contributed by atoms with Crippen LogP contribution in [0.5, 0.6) is 0 Å². The van der Waals surface area contributed by atoms with Crippen LogP contribution >= 0.6 is 0 Å². The summed E-state index contributed by atoms with van der Waals surface area (Å²) in [6.45, 7) is 6.22. The Kier molecular flexibility index (Phi) is 4.35. The van der Waals surface area contributed by atoms with Gasteiger partial charge in [-0.1, -0.05) is 12.8 Å². The van der Waals surface area contributed by atoms with E-state index in [4.69, 9.17) is 9.47 Å². The smallest absolute Gasteiger partial charge is 0.410 e. The van der Waals surface area contributed by atoms with E-state index in [-0.39, 0.29) is 24.2 Å². The summed E-state index contributed by atoms with van der Waals surface area (Å²) in [4.78, 5) is 25.3. The fourth-order valence-electron chi connectivity index (χ4n) is 2.62. The lowest BCUT2D eigenvalue weighted by Gasteiger charge is -2.34. The van der Waals surface area contributed by atoms with Crippen LogP contribution in [0.25, 0.3) is 0 Å². The first-order chi connectivity index (χ1) is 9.37. The van der Waals surface area contributed by atoms with Crippen LogP contribution in [0, 0.1) is 0 Å². The summed E-state index contributed by atoms with van der Waals surface area (Å²) in [6, 6.07) is -0.116. The molecule has 0 aromatic heterocycles. The van der Waals surface area contributed by atoms with Crippen molar-refractivity contribution in [3.63, 3.8) is 0 Å². The first kappa shape index (κ1) is 14.9. The van der Waals surface area contributed by atoms with Gasteiger partial charge < -0.3 is 14.4 Å². The highest BCUT2D eigenvalue weighted by molar-refractivity contribution is 5.84. The van der Waals surface area contributed by atoms with Crippen LogP contribution in [0.2, 0.25) is 0 Å². The van der Waals surface area contributed by atoms with Crippen molar-refractivity contribution in [2.75, 3.05) is 6.54 Å².